The molecule has 0 aliphatic carbocycles. The van der Waals surface area contributed by atoms with Crippen LogP contribution in [0.3, 0.4) is 0 Å². The fourth-order valence-electron chi connectivity index (χ4n) is 4.47. The van der Waals surface area contributed by atoms with Gasteiger partial charge in [0.2, 0.25) is 5.43 Å². The van der Waals surface area contributed by atoms with Gasteiger partial charge in [-0.15, -0.1) is 0 Å². The molecule has 1 amide bonds. The number of hydrogen-bond donors (Lipinski definition) is 0. The summed E-state index contributed by atoms with van der Waals surface area (Å²) in [5.74, 6) is 0.799. The molecule has 1 aliphatic rings. The minimum Gasteiger partial charge on any atom is -0.350 e. The summed E-state index contributed by atoms with van der Waals surface area (Å²) in [5.41, 5.74) is 2.86. The van der Waals surface area contributed by atoms with E-state index in [2.05, 4.69) is 4.98 Å². The van der Waals surface area contributed by atoms with E-state index >= 15 is 0 Å². The molecule has 6 nitrogen and oxygen atoms in total. The topological polar surface area (TPSA) is 68.1 Å². The van der Waals surface area contributed by atoms with Gasteiger partial charge >= 0.3 is 0 Å². The Kier molecular flexibility index (Phi) is 5.27. The van der Waals surface area contributed by atoms with Crippen LogP contribution in [0.2, 0.25) is 0 Å². The minimum atomic E-state index is -0.200. The first-order valence-corrected chi connectivity index (χ1v) is 10.9. The van der Waals surface area contributed by atoms with E-state index in [4.69, 9.17) is 4.98 Å². The van der Waals surface area contributed by atoms with E-state index < -0.39 is 0 Å². The summed E-state index contributed by atoms with van der Waals surface area (Å²) in [7, 11) is 1.87. The molecule has 1 fully saturated rings. The number of aromatic nitrogens is 3. The van der Waals surface area contributed by atoms with Crippen molar-refractivity contribution in [1.29, 1.82) is 0 Å². The normalized spacial score (nSPS) is 14.6. The van der Waals surface area contributed by atoms with Crippen LogP contribution < -0.4 is 5.43 Å². The van der Waals surface area contributed by atoms with Gasteiger partial charge in [-0.05, 0) is 31.0 Å². The Hall–Kier alpha value is -3.80. The predicted molar refractivity (Wildman–Crippen MR) is 125 cm³/mol. The Bertz CT molecular complexity index is 1340. The van der Waals surface area contributed by atoms with Gasteiger partial charge in [0, 0.05) is 55.1 Å². The number of amides is 1. The smallest absolute Gasteiger partial charge is 0.259 e. The third kappa shape index (κ3) is 3.68. The zero-order valence-electron chi connectivity index (χ0n) is 17.9. The van der Waals surface area contributed by atoms with Crippen molar-refractivity contribution in [3.63, 3.8) is 0 Å². The number of benzene rings is 2. The largest absolute Gasteiger partial charge is 0.350 e. The van der Waals surface area contributed by atoms with Gasteiger partial charge in [0.1, 0.15) is 5.56 Å². The van der Waals surface area contributed by atoms with Gasteiger partial charge in [0.25, 0.3) is 5.91 Å². The zero-order valence-corrected chi connectivity index (χ0v) is 17.9. The quantitative estimate of drug-likeness (QED) is 0.498. The van der Waals surface area contributed by atoms with Crippen LogP contribution in [0.25, 0.3) is 22.3 Å². The Labute approximate surface area is 186 Å². The lowest BCUT2D eigenvalue weighted by atomic mass is 9.93. The monoisotopic (exact) mass is 424 g/mol. The number of pyridine rings is 1. The van der Waals surface area contributed by atoms with Crippen LogP contribution in [0.1, 0.15) is 34.8 Å². The summed E-state index contributed by atoms with van der Waals surface area (Å²) < 4.78 is 1.85. The fraction of sp³-hybridized carbons (Fsp3) is 0.231. The third-order valence-electron chi connectivity index (χ3n) is 6.24. The summed E-state index contributed by atoms with van der Waals surface area (Å²) >= 11 is 0. The number of carbonyl (C=O) groups is 1. The van der Waals surface area contributed by atoms with E-state index in [1.54, 1.807) is 23.4 Å². The molecular weight excluding hydrogens is 400 g/mol. The Balaban J connectivity index is 1.33. The van der Waals surface area contributed by atoms with Gasteiger partial charge in [0.05, 0.1) is 5.52 Å². The van der Waals surface area contributed by atoms with Crippen LogP contribution in [-0.4, -0.2) is 38.4 Å². The molecule has 3 heterocycles. The number of fused-ring (bicyclic) bond motifs is 1. The molecule has 2 aromatic heterocycles. The molecule has 0 unspecified atom stereocenters. The average Bonchev–Trinajstić information content (AvgIpc) is 2.86. The average molecular weight is 425 g/mol. The first-order valence-electron chi connectivity index (χ1n) is 10.9. The molecule has 1 saturated heterocycles. The molecular formula is C26H24N4O2. The molecule has 0 saturated carbocycles. The van der Waals surface area contributed by atoms with Crippen molar-refractivity contribution >= 4 is 16.8 Å². The molecule has 0 spiro atoms. The van der Waals surface area contributed by atoms with E-state index in [9.17, 15) is 9.59 Å². The van der Waals surface area contributed by atoms with Crippen molar-refractivity contribution in [2.45, 2.75) is 18.8 Å². The standard InChI is InChI=1S/C26H24N4O2/c1-29-17-21(24(31)20-9-5-6-10-23(20)29)26(32)30-15-12-18(13-16-30)22-11-14-27-25(28-22)19-7-3-2-4-8-19/h2-11,14,17-18H,12-13,15-16H2,1H3. The maximum Gasteiger partial charge on any atom is 0.259 e. The molecule has 0 radical (unpaired) electrons. The maximum absolute atomic E-state index is 13.2. The molecule has 32 heavy (non-hydrogen) atoms. The molecule has 2 aromatic carbocycles. The first kappa shape index (κ1) is 20.1. The van der Waals surface area contributed by atoms with Crippen LogP contribution in [0, 0.1) is 0 Å². The lowest BCUT2D eigenvalue weighted by molar-refractivity contribution is 0.0710. The number of hydrogen-bond acceptors (Lipinski definition) is 4. The summed E-state index contributed by atoms with van der Waals surface area (Å²) in [4.78, 5) is 37.1. The van der Waals surface area contributed by atoms with Crippen LogP contribution in [-0.2, 0) is 7.05 Å². The predicted octanol–water partition coefficient (Wildman–Crippen LogP) is 4.02. The first-order chi connectivity index (χ1) is 15.6. The molecule has 5 rings (SSSR count). The van der Waals surface area contributed by atoms with Crippen molar-refractivity contribution in [1.82, 2.24) is 19.4 Å². The summed E-state index contributed by atoms with van der Waals surface area (Å²) in [5, 5.41) is 0.574. The highest BCUT2D eigenvalue weighted by atomic mass is 16.2. The van der Waals surface area contributed by atoms with Crippen LogP contribution in [0.4, 0.5) is 0 Å². The number of likely N-dealkylation sites (tertiary alicyclic amines) is 1. The van der Waals surface area contributed by atoms with E-state index in [-0.39, 0.29) is 22.8 Å². The number of carbonyl (C=O) groups excluding carboxylic acids is 1. The second kappa shape index (κ2) is 8.38. The maximum atomic E-state index is 13.2. The van der Waals surface area contributed by atoms with Crippen molar-refractivity contribution in [3.8, 4) is 11.4 Å². The number of para-hydroxylation sites is 1. The lowest BCUT2D eigenvalue weighted by Gasteiger charge is -2.32. The second-order valence-electron chi connectivity index (χ2n) is 8.24. The lowest BCUT2D eigenvalue weighted by Crippen LogP contribution is -2.40. The molecule has 6 heteroatoms. The van der Waals surface area contributed by atoms with Gasteiger partial charge < -0.3 is 9.47 Å². The van der Waals surface area contributed by atoms with Gasteiger partial charge in [-0.25, -0.2) is 9.97 Å². The fourth-order valence-corrected chi connectivity index (χ4v) is 4.47. The van der Waals surface area contributed by atoms with E-state index in [1.165, 1.54) is 0 Å². The molecule has 0 N–H and O–H groups in total. The molecule has 0 bridgehead atoms. The van der Waals surface area contributed by atoms with Crippen LogP contribution in [0.5, 0.6) is 0 Å². The molecule has 0 atom stereocenters. The van der Waals surface area contributed by atoms with Crippen molar-refractivity contribution in [3.05, 3.63) is 94.5 Å². The van der Waals surface area contributed by atoms with E-state index in [0.717, 1.165) is 35.4 Å². The summed E-state index contributed by atoms with van der Waals surface area (Å²) in [6.45, 7) is 1.20. The molecule has 160 valence electrons. The Morgan fingerprint density at radius 2 is 1.69 bits per heavy atom. The Morgan fingerprint density at radius 1 is 0.969 bits per heavy atom. The molecule has 4 aromatic rings. The highest BCUT2D eigenvalue weighted by Gasteiger charge is 2.27. The van der Waals surface area contributed by atoms with Gasteiger partial charge in [-0.1, -0.05) is 42.5 Å². The van der Waals surface area contributed by atoms with Crippen molar-refractivity contribution in [2.75, 3.05) is 13.1 Å². The van der Waals surface area contributed by atoms with Gasteiger partial charge in [0.15, 0.2) is 5.82 Å². The Morgan fingerprint density at radius 3 is 2.47 bits per heavy atom. The highest BCUT2D eigenvalue weighted by molar-refractivity contribution is 5.97. The highest BCUT2D eigenvalue weighted by Crippen LogP contribution is 2.28. The third-order valence-corrected chi connectivity index (χ3v) is 6.24. The minimum absolute atomic E-state index is 0.192. The summed E-state index contributed by atoms with van der Waals surface area (Å²) in [6, 6.07) is 19.3. The second-order valence-corrected chi connectivity index (χ2v) is 8.24. The SMILES string of the molecule is Cn1cc(C(=O)N2CCC(c3ccnc(-c4ccccc4)n3)CC2)c(=O)c2ccccc21. The number of aryl methyl sites for hydroxylation is 1. The zero-order chi connectivity index (χ0) is 22.1. The van der Waals surface area contributed by atoms with E-state index in [0.29, 0.717) is 18.5 Å². The van der Waals surface area contributed by atoms with Gasteiger partial charge in [-0.2, -0.15) is 0 Å². The number of piperidine rings is 1. The van der Waals surface area contributed by atoms with Crippen molar-refractivity contribution < 1.29 is 4.79 Å². The van der Waals surface area contributed by atoms with E-state index in [1.807, 2.05) is 66.2 Å². The van der Waals surface area contributed by atoms with Crippen LogP contribution in [0.15, 0.2) is 77.9 Å². The van der Waals surface area contributed by atoms with Crippen molar-refractivity contribution in [2.24, 2.45) is 7.05 Å². The van der Waals surface area contributed by atoms with Gasteiger partial charge in [-0.3, -0.25) is 9.59 Å². The molecule has 1 aliphatic heterocycles. The summed E-state index contributed by atoms with van der Waals surface area (Å²) in [6.07, 6.45) is 5.09. The number of nitrogens with zero attached hydrogens (tertiary/aromatic N) is 4. The number of rotatable bonds is 3. The van der Waals surface area contributed by atoms with Crippen LogP contribution >= 0.6 is 0 Å².